The first kappa shape index (κ1) is 15.7. The number of anilines is 1. The minimum Gasteiger partial charge on any atom is -0.478 e. The molecule has 0 aliphatic carbocycles. The predicted octanol–water partition coefficient (Wildman–Crippen LogP) is 2.62. The van der Waals surface area contributed by atoms with E-state index in [1.54, 1.807) is 0 Å². The molecule has 1 rings (SSSR count). The van der Waals surface area contributed by atoms with Crippen LogP contribution in [0.3, 0.4) is 0 Å². The van der Waals surface area contributed by atoms with Gasteiger partial charge in [0.15, 0.2) is 0 Å². The van der Waals surface area contributed by atoms with E-state index in [0.717, 1.165) is 18.9 Å². The van der Waals surface area contributed by atoms with Crippen LogP contribution in [0.5, 0.6) is 5.88 Å². The quantitative estimate of drug-likeness (QED) is 0.742. The number of pyridine rings is 1. The number of ether oxygens (including phenoxy) is 1. The number of rotatable bonds is 8. The summed E-state index contributed by atoms with van der Waals surface area (Å²) in [7, 11) is 0. The van der Waals surface area contributed by atoms with Gasteiger partial charge in [0.1, 0.15) is 5.82 Å². The highest BCUT2D eigenvalue weighted by atomic mass is 32.1. The predicted molar refractivity (Wildman–Crippen MR) is 83.9 cm³/mol. The normalized spacial score (nSPS) is 10.5. The highest BCUT2D eigenvalue weighted by molar-refractivity contribution is 7.80. The number of hydrogen-bond donors (Lipinski definition) is 1. The molecule has 0 bridgehead atoms. The van der Waals surface area contributed by atoms with Gasteiger partial charge in [0.05, 0.1) is 11.6 Å². The lowest BCUT2D eigenvalue weighted by atomic mass is 10.2. The lowest BCUT2D eigenvalue weighted by Crippen LogP contribution is -2.31. The maximum absolute atomic E-state index is 5.59. The van der Waals surface area contributed by atoms with Crippen LogP contribution < -0.4 is 15.4 Å². The molecule has 0 unspecified atom stereocenters. The Bertz CT molecular complexity index is 409. The summed E-state index contributed by atoms with van der Waals surface area (Å²) in [6, 6.07) is 5.82. The number of aromatic nitrogens is 1. The van der Waals surface area contributed by atoms with Gasteiger partial charge in [-0.15, -0.1) is 0 Å². The molecule has 0 saturated carbocycles. The molecule has 2 N–H and O–H groups in total. The van der Waals surface area contributed by atoms with Gasteiger partial charge >= 0.3 is 0 Å². The Morgan fingerprint density at radius 1 is 1.47 bits per heavy atom. The van der Waals surface area contributed by atoms with Crippen molar-refractivity contribution in [3.05, 3.63) is 18.2 Å². The standard InChI is InChI=1S/C14H23N3OS/c1-4-18-14-7-5-6-13(16-14)17(10-11(2)3)9-8-12(15)19/h5-7,11H,4,8-10H2,1-3H3,(H2,15,19). The van der Waals surface area contributed by atoms with Crippen LogP contribution in [-0.2, 0) is 0 Å². The summed E-state index contributed by atoms with van der Waals surface area (Å²) in [6.07, 6.45) is 0.697. The molecule has 4 nitrogen and oxygen atoms in total. The van der Waals surface area contributed by atoms with E-state index in [4.69, 9.17) is 22.7 Å². The summed E-state index contributed by atoms with van der Waals surface area (Å²) in [5.74, 6) is 2.11. The van der Waals surface area contributed by atoms with Crippen LogP contribution >= 0.6 is 12.2 Å². The molecule has 0 radical (unpaired) electrons. The van der Waals surface area contributed by atoms with Gasteiger partial charge in [-0.05, 0) is 18.9 Å². The Labute approximate surface area is 121 Å². The highest BCUT2D eigenvalue weighted by Crippen LogP contribution is 2.17. The zero-order chi connectivity index (χ0) is 14.3. The fourth-order valence-electron chi connectivity index (χ4n) is 1.79. The lowest BCUT2D eigenvalue weighted by Gasteiger charge is -2.25. The number of nitrogens with two attached hydrogens (primary N) is 1. The Morgan fingerprint density at radius 2 is 2.21 bits per heavy atom. The van der Waals surface area contributed by atoms with Crippen LogP contribution in [0.2, 0.25) is 0 Å². The summed E-state index contributed by atoms with van der Waals surface area (Å²) in [5.41, 5.74) is 5.59. The summed E-state index contributed by atoms with van der Waals surface area (Å²) < 4.78 is 5.44. The third kappa shape index (κ3) is 5.87. The van der Waals surface area contributed by atoms with Crippen molar-refractivity contribution in [3.8, 4) is 5.88 Å². The summed E-state index contributed by atoms with van der Waals surface area (Å²) in [5, 5.41) is 0. The third-order valence-corrected chi connectivity index (χ3v) is 2.74. The van der Waals surface area contributed by atoms with Crippen molar-refractivity contribution >= 4 is 23.0 Å². The zero-order valence-corrected chi connectivity index (χ0v) is 12.7. The third-order valence-electron chi connectivity index (χ3n) is 2.54. The van der Waals surface area contributed by atoms with Gasteiger partial charge in [-0.25, -0.2) is 0 Å². The largest absolute Gasteiger partial charge is 0.478 e. The van der Waals surface area contributed by atoms with Gasteiger partial charge in [-0.2, -0.15) is 4.98 Å². The Balaban J connectivity index is 2.82. The van der Waals surface area contributed by atoms with Gasteiger partial charge in [0.2, 0.25) is 5.88 Å². The van der Waals surface area contributed by atoms with E-state index in [1.807, 2.05) is 25.1 Å². The van der Waals surface area contributed by atoms with Crippen molar-refractivity contribution in [2.45, 2.75) is 27.2 Å². The van der Waals surface area contributed by atoms with Crippen molar-refractivity contribution in [2.75, 3.05) is 24.6 Å². The lowest BCUT2D eigenvalue weighted by molar-refractivity contribution is 0.327. The minimum atomic E-state index is 0.537. The average Bonchev–Trinajstić information content (AvgIpc) is 2.34. The molecule has 0 aromatic carbocycles. The van der Waals surface area contributed by atoms with Crippen LogP contribution in [0, 0.1) is 5.92 Å². The molecule has 0 aliphatic heterocycles. The van der Waals surface area contributed by atoms with Crippen molar-refractivity contribution < 1.29 is 4.74 Å². The highest BCUT2D eigenvalue weighted by Gasteiger charge is 2.11. The Hall–Kier alpha value is -1.36. The molecule has 5 heteroatoms. The molecule has 106 valence electrons. The van der Waals surface area contributed by atoms with Crippen molar-refractivity contribution in [1.29, 1.82) is 0 Å². The van der Waals surface area contributed by atoms with Gasteiger partial charge in [-0.3, -0.25) is 0 Å². The van der Waals surface area contributed by atoms with Crippen LogP contribution in [0.25, 0.3) is 0 Å². The fourth-order valence-corrected chi connectivity index (χ4v) is 1.88. The topological polar surface area (TPSA) is 51.4 Å². The van der Waals surface area contributed by atoms with E-state index in [2.05, 4.69) is 23.7 Å². The maximum Gasteiger partial charge on any atom is 0.215 e. The molecule has 0 atom stereocenters. The van der Waals surface area contributed by atoms with Gasteiger partial charge in [0, 0.05) is 25.6 Å². The second kappa shape index (κ2) is 7.94. The molecule has 1 aromatic heterocycles. The smallest absolute Gasteiger partial charge is 0.215 e. The molecule has 0 spiro atoms. The molecule has 19 heavy (non-hydrogen) atoms. The number of thiocarbonyl (C=S) groups is 1. The second-order valence-corrected chi connectivity index (χ2v) is 5.35. The molecular formula is C14H23N3OS. The van der Waals surface area contributed by atoms with Crippen molar-refractivity contribution in [1.82, 2.24) is 4.98 Å². The van der Waals surface area contributed by atoms with Gasteiger partial charge in [0.25, 0.3) is 0 Å². The van der Waals surface area contributed by atoms with Crippen molar-refractivity contribution in [3.63, 3.8) is 0 Å². The molecule has 1 heterocycles. The Kier molecular flexibility index (Phi) is 6.56. The average molecular weight is 281 g/mol. The van der Waals surface area contributed by atoms with E-state index in [1.165, 1.54) is 0 Å². The summed E-state index contributed by atoms with van der Waals surface area (Å²) in [4.78, 5) is 7.25. The number of nitrogens with zero attached hydrogens (tertiary/aromatic N) is 2. The van der Waals surface area contributed by atoms with Gasteiger partial charge in [-0.1, -0.05) is 32.1 Å². The van der Waals surface area contributed by atoms with Crippen LogP contribution in [0.4, 0.5) is 5.82 Å². The van der Waals surface area contributed by atoms with Crippen molar-refractivity contribution in [2.24, 2.45) is 11.7 Å². The monoisotopic (exact) mass is 281 g/mol. The zero-order valence-electron chi connectivity index (χ0n) is 11.9. The maximum atomic E-state index is 5.59. The molecule has 0 saturated heterocycles. The molecule has 1 aromatic rings. The van der Waals surface area contributed by atoms with E-state index >= 15 is 0 Å². The minimum absolute atomic E-state index is 0.537. The van der Waals surface area contributed by atoms with Crippen LogP contribution in [-0.4, -0.2) is 29.7 Å². The van der Waals surface area contributed by atoms with E-state index in [0.29, 0.717) is 29.8 Å². The van der Waals surface area contributed by atoms with E-state index in [-0.39, 0.29) is 0 Å². The molecule has 0 aliphatic rings. The summed E-state index contributed by atoms with van der Waals surface area (Å²) >= 11 is 4.95. The molecular weight excluding hydrogens is 258 g/mol. The van der Waals surface area contributed by atoms with Crippen LogP contribution in [0.15, 0.2) is 18.2 Å². The van der Waals surface area contributed by atoms with E-state index in [9.17, 15) is 0 Å². The van der Waals surface area contributed by atoms with Crippen LogP contribution in [0.1, 0.15) is 27.2 Å². The van der Waals surface area contributed by atoms with E-state index < -0.39 is 0 Å². The first-order chi connectivity index (χ1) is 9.02. The number of hydrogen-bond acceptors (Lipinski definition) is 4. The van der Waals surface area contributed by atoms with Gasteiger partial charge < -0.3 is 15.4 Å². The Morgan fingerprint density at radius 3 is 2.79 bits per heavy atom. The first-order valence-corrected chi connectivity index (χ1v) is 7.06. The second-order valence-electron chi connectivity index (χ2n) is 4.82. The SMILES string of the molecule is CCOc1cccc(N(CCC(N)=S)CC(C)C)n1. The molecule has 0 fully saturated rings. The first-order valence-electron chi connectivity index (χ1n) is 6.66. The summed E-state index contributed by atoms with van der Waals surface area (Å²) in [6.45, 7) is 8.64. The molecule has 0 amide bonds. The fraction of sp³-hybridized carbons (Fsp3) is 0.571.